The Bertz CT molecular complexity index is 600. The summed E-state index contributed by atoms with van der Waals surface area (Å²) < 4.78 is 0. The van der Waals surface area contributed by atoms with E-state index < -0.39 is 0 Å². The number of fused-ring (bicyclic) bond motifs is 5. The van der Waals surface area contributed by atoms with E-state index in [1.165, 1.54) is 50.5 Å². The van der Waals surface area contributed by atoms with Gasteiger partial charge in [-0.2, -0.15) is 0 Å². The summed E-state index contributed by atoms with van der Waals surface area (Å²) >= 11 is 0. The van der Waals surface area contributed by atoms with E-state index in [1.54, 1.807) is 5.56 Å². The summed E-state index contributed by atoms with van der Waals surface area (Å²) in [6.45, 7) is 2.40. The number of terminal acetylenes is 1. The first kappa shape index (κ1) is 16.4. The summed E-state index contributed by atoms with van der Waals surface area (Å²) in [4.78, 5) is 0. The van der Waals surface area contributed by atoms with Gasteiger partial charge in [0.2, 0.25) is 0 Å². The number of hydrogen-bond acceptors (Lipinski definition) is 2. The lowest BCUT2D eigenvalue weighted by molar-refractivity contribution is 0.0598. The molecule has 1 aromatic rings. The molecule has 1 aromatic carbocycles. The first-order chi connectivity index (χ1) is 11.1. The molecule has 0 amide bonds. The Balaban J connectivity index is 0.000000354. The first-order valence-corrected chi connectivity index (χ1v) is 8.95. The van der Waals surface area contributed by atoms with Gasteiger partial charge in [-0.05, 0) is 85.0 Å². The normalized spacial score (nSPS) is 34.2. The Kier molecular flexibility index (Phi) is 4.69. The van der Waals surface area contributed by atoms with Crippen molar-refractivity contribution >= 4 is 0 Å². The molecule has 2 saturated carbocycles. The van der Waals surface area contributed by atoms with E-state index in [0.29, 0.717) is 11.2 Å². The zero-order chi connectivity index (χ0) is 16.4. The summed E-state index contributed by atoms with van der Waals surface area (Å²) in [6.07, 6.45) is 14.2. The zero-order valence-corrected chi connectivity index (χ0v) is 14.1. The van der Waals surface area contributed by atoms with Gasteiger partial charge in [-0.15, -0.1) is 6.42 Å². The third-order valence-electron chi connectivity index (χ3n) is 6.58. The number of aliphatic hydroxyl groups is 1. The second kappa shape index (κ2) is 6.57. The predicted molar refractivity (Wildman–Crippen MR) is 93.3 cm³/mol. The first-order valence-electron chi connectivity index (χ1n) is 8.95. The van der Waals surface area contributed by atoms with Crippen molar-refractivity contribution in [1.82, 2.24) is 0 Å². The highest BCUT2D eigenvalue weighted by Crippen LogP contribution is 2.60. The van der Waals surface area contributed by atoms with Crippen molar-refractivity contribution in [2.45, 2.75) is 57.8 Å². The summed E-state index contributed by atoms with van der Waals surface area (Å²) in [5, 5.41) is 17.3. The number of phenols is 1. The molecule has 124 valence electrons. The maximum absolute atomic E-state index is 9.68. The minimum Gasteiger partial charge on any atom is -0.508 e. The van der Waals surface area contributed by atoms with Crippen LogP contribution in [0.15, 0.2) is 18.2 Å². The molecule has 2 fully saturated rings. The van der Waals surface area contributed by atoms with Crippen molar-refractivity contribution in [1.29, 1.82) is 0 Å². The molecule has 4 atom stereocenters. The van der Waals surface area contributed by atoms with Gasteiger partial charge < -0.3 is 10.2 Å². The summed E-state index contributed by atoms with van der Waals surface area (Å²) in [6, 6.07) is 6.11. The fourth-order valence-electron chi connectivity index (χ4n) is 5.56. The topological polar surface area (TPSA) is 40.5 Å². The lowest BCUT2D eigenvalue weighted by atomic mass is 9.56. The molecule has 0 aliphatic heterocycles. The van der Waals surface area contributed by atoms with Gasteiger partial charge in [0.05, 0.1) is 0 Å². The molecule has 4 rings (SSSR count). The number of benzene rings is 1. The van der Waals surface area contributed by atoms with Crippen LogP contribution in [0.5, 0.6) is 5.75 Å². The van der Waals surface area contributed by atoms with E-state index in [9.17, 15) is 5.11 Å². The zero-order valence-electron chi connectivity index (χ0n) is 14.1. The smallest absolute Gasteiger partial charge is 0.115 e. The molecular weight excluding hydrogens is 284 g/mol. The molecule has 0 bridgehead atoms. The second-order valence-electron chi connectivity index (χ2n) is 7.75. The van der Waals surface area contributed by atoms with Gasteiger partial charge in [-0.3, -0.25) is 0 Å². The lowest BCUT2D eigenvalue weighted by Crippen LogP contribution is -2.39. The van der Waals surface area contributed by atoms with Crippen LogP contribution in [0.4, 0.5) is 0 Å². The highest BCUT2D eigenvalue weighted by molar-refractivity contribution is 5.40. The molecular formula is C21H28O2. The molecule has 2 N–H and O–H groups in total. The van der Waals surface area contributed by atoms with Crippen molar-refractivity contribution in [2.75, 3.05) is 6.61 Å². The van der Waals surface area contributed by atoms with Crippen molar-refractivity contribution in [2.24, 2.45) is 17.3 Å². The Morgan fingerprint density at radius 1 is 1.26 bits per heavy atom. The second-order valence-corrected chi connectivity index (χ2v) is 7.75. The fourth-order valence-corrected chi connectivity index (χ4v) is 5.56. The number of rotatable bonds is 0. The molecule has 2 heteroatoms. The number of phenolic OH excluding ortho intramolecular Hbond substituents is 1. The average Bonchev–Trinajstić information content (AvgIpc) is 2.96. The minimum atomic E-state index is -0.153. The Morgan fingerprint density at radius 2 is 2.04 bits per heavy atom. The van der Waals surface area contributed by atoms with E-state index in [1.807, 2.05) is 18.1 Å². The van der Waals surface area contributed by atoms with Crippen molar-refractivity contribution in [3.05, 3.63) is 29.3 Å². The maximum atomic E-state index is 9.68. The fraction of sp³-hybridized carbons (Fsp3) is 0.619. The number of aliphatic hydroxyl groups excluding tert-OH is 1. The van der Waals surface area contributed by atoms with E-state index in [0.717, 1.165) is 17.8 Å². The Hall–Kier alpha value is -1.46. The largest absolute Gasteiger partial charge is 0.508 e. The van der Waals surface area contributed by atoms with Gasteiger partial charge in [0.1, 0.15) is 12.4 Å². The third kappa shape index (κ3) is 3.00. The lowest BCUT2D eigenvalue weighted by Gasteiger charge is -2.49. The molecule has 0 heterocycles. The number of aromatic hydroxyl groups is 1. The predicted octanol–water partition coefficient (Wildman–Crippen LogP) is 4.25. The van der Waals surface area contributed by atoms with Crippen LogP contribution in [-0.2, 0) is 6.42 Å². The van der Waals surface area contributed by atoms with Crippen molar-refractivity contribution < 1.29 is 10.2 Å². The average molecular weight is 312 g/mol. The van der Waals surface area contributed by atoms with E-state index in [-0.39, 0.29) is 6.61 Å². The van der Waals surface area contributed by atoms with Crippen LogP contribution >= 0.6 is 0 Å². The molecule has 3 aliphatic rings. The molecule has 4 unspecified atom stereocenters. The molecule has 3 aliphatic carbocycles. The van der Waals surface area contributed by atoms with Gasteiger partial charge >= 0.3 is 0 Å². The SMILES string of the molecule is C#CCO.CC12CCCC1C1CCc3cc(O)ccc3C1CC2. The van der Waals surface area contributed by atoms with Crippen molar-refractivity contribution in [3.8, 4) is 18.1 Å². The molecule has 2 nitrogen and oxygen atoms in total. The Labute approximate surface area is 139 Å². The van der Waals surface area contributed by atoms with Gasteiger partial charge in [0.15, 0.2) is 0 Å². The number of hydrogen-bond donors (Lipinski definition) is 2. The standard InChI is InChI=1S/C18H24O.C3H4O/c1-18-9-2-3-17(18)16-6-4-12-11-13(19)5-7-14(12)15(16)8-10-18;1-2-3-4/h5,7,11,15-17,19H,2-4,6,8-10H2,1H3;1,4H,3H2. The van der Waals surface area contributed by atoms with Crippen LogP contribution < -0.4 is 0 Å². The van der Waals surface area contributed by atoms with Crippen LogP contribution in [0.1, 0.15) is 62.5 Å². The molecule has 23 heavy (non-hydrogen) atoms. The summed E-state index contributed by atoms with van der Waals surface area (Å²) in [5.41, 5.74) is 3.63. The van der Waals surface area contributed by atoms with Gasteiger partial charge in [0.25, 0.3) is 0 Å². The molecule has 0 aromatic heterocycles. The van der Waals surface area contributed by atoms with Crippen LogP contribution in [-0.4, -0.2) is 16.8 Å². The molecule has 0 saturated heterocycles. The monoisotopic (exact) mass is 312 g/mol. The van der Waals surface area contributed by atoms with E-state index >= 15 is 0 Å². The van der Waals surface area contributed by atoms with Crippen LogP contribution in [0.25, 0.3) is 0 Å². The van der Waals surface area contributed by atoms with Crippen LogP contribution in [0.2, 0.25) is 0 Å². The maximum Gasteiger partial charge on any atom is 0.115 e. The van der Waals surface area contributed by atoms with E-state index in [2.05, 4.69) is 19.4 Å². The third-order valence-corrected chi connectivity index (χ3v) is 6.58. The minimum absolute atomic E-state index is 0.153. The molecule has 0 spiro atoms. The van der Waals surface area contributed by atoms with Gasteiger partial charge in [-0.25, -0.2) is 0 Å². The van der Waals surface area contributed by atoms with Crippen molar-refractivity contribution in [3.63, 3.8) is 0 Å². The van der Waals surface area contributed by atoms with Crippen LogP contribution in [0, 0.1) is 29.6 Å². The summed E-state index contributed by atoms with van der Waals surface area (Å²) in [7, 11) is 0. The van der Waals surface area contributed by atoms with Crippen LogP contribution in [0.3, 0.4) is 0 Å². The van der Waals surface area contributed by atoms with Gasteiger partial charge in [0, 0.05) is 0 Å². The highest BCUT2D eigenvalue weighted by atomic mass is 16.3. The van der Waals surface area contributed by atoms with E-state index in [4.69, 9.17) is 5.11 Å². The Morgan fingerprint density at radius 3 is 2.78 bits per heavy atom. The number of aryl methyl sites for hydroxylation is 1. The highest BCUT2D eigenvalue weighted by Gasteiger charge is 2.50. The molecule has 0 radical (unpaired) electrons. The summed E-state index contributed by atoms with van der Waals surface area (Å²) in [5.74, 6) is 5.09. The van der Waals surface area contributed by atoms with Gasteiger partial charge in [-0.1, -0.05) is 25.3 Å². The quantitative estimate of drug-likeness (QED) is 0.703.